The van der Waals surface area contributed by atoms with Crippen LogP contribution in [0.15, 0.2) is 35.4 Å². The van der Waals surface area contributed by atoms with Gasteiger partial charge in [0.15, 0.2) is 0 Å². The first-order valence-electron chi connectivity index (χ1n) is 6.73. The van der Waals surface area contributed by atoms with Gasteiger partial charge < -0.3 is 15.0 Å². The van der Waals surface area contributed by atoms with E-state index in [9.17, 15) is 9.18 Å². The highest BCUT2D eigenvalue weighted by molar-refractivity contribution is 5.36. The molecule has 0 aliphatic carbocycles. The molecular formula is C15H18FN3O2. The van der Waals surface area contributed by atoms with Crippen molar-refractivity contribution in [2.24, 2.45) is 11.7 Å². The maximum absolute atomic E-state index is 13.6. The van der Waals surface area contributed by atoms with Gasteiger partial charge >= 0.3 is 5.56 Å². The molecule has 0 saturated heterocycles. The van der Waals surface area contributed by atoms with Crippen LogP contribution in [0.4, 0.5) is 4.39 Å². The molecule has 112 valence electrons. The van der Waals surface area contributed by atoms with Gasteiger partial charge in [-0.05, 0) is 18.1 Å². The van der Waals surface area contributed by atoms with Crippen LogP contribution in [0.2, 0.25) is 0 Å². The van der Waals surface area contributed by atoms with Crippen LogP contribution in [0.3, 0.4) is 0 Å². The van der Waals surface area contributed by atoms with E-state index >= 15 is 0 Å². The highest BCUT2D eigenvalue weighted by atomic mass is 19.1. The molecule has 1 aromatic carbocycles. The first-order chi connectivity index (χ1) is 10.0. The molecule has 0 aliphatic heterocycles. The van der Waals surface area contributed by atoms with Crippen molar-refractivity contribution in [3.63, 3.8) is 0 Å². The second-order valence-corrected chi connectivity index (χ2v) is 5.11. The smallest absolute Gasteiger partial charge is 0.313 e. The topological polar surface area (TPSA) is 70.1 Å². The number of ether oxygens (including phenoxy) is 1. The van der Waals surface area contributed by atoms with Crippen LogP contribution in [-0.2, 0) is 13.1 Å². The Hall–Kier alpha value is -2.21. The molecule has 0 bridgehead atoms. The van der Waals surface area contributed by atoms with E-state index in [1.54, 1.807) is 12.3 Å². The summed E-state index contributed by atoms with van der Waals surface area (Å²) in [4.78, 5) is 16.2. The van der Waals surface area contributed by atoms with Gasteiger partial charge in [0, 0.05) is 31.0 Å². The van der Waals surface area contributed by atoms with E-state index in [0.717, 1.165) is 0 Å². The molecular weight excluding hydrogens is 273 g/mol. The van der Waals surface area contributed by atoms with Crippen LogP contribution in [0, 0.1) is 11.7 Å². The Morgan fingerprint density at radius 3 is 2.86 bits per heavy atom. The molecule has 6 heteroatoms. The van der Waals surface area contributed by atoms with E-state index in [1.165, 1.54) is 22.9 Å². The highest BCUT2D eigenvalue weighted by Gasteiger charge is 2.13. The molecule has 0 spiro atoms. The summed E-state index contributed by atoms with van der Waals surface area (Å²) in [7, 11) is 0. The first kappa shape index (κ1) is 15.2. The van der Waals surface area contributed by atoms with Gasteiger partial charge in [-0.1, -0.05) is 19.9 Å². The summed E-state index contributed by atoms with van der Waals surface area (Å²) >= 11 is 0. The number of aromatic nitrogens is 2. The highest BCUT2D eigenvalue weighted by Crippen LogP contribution is 2.24. The predicted molar refractivity (Wildman–Crippen MR) is 77.7 cm³/mol. The molecule has 1 aromatic heterocycles. The zero-order valence-corrected chi connectivity index (χ0v) is 12.0. The van der Waals surface area contributed by atoms with Gasteiger partial charge in [-0.15, -0.1) is 0 Å². The quantitative estimate of drug-likeness (QED) is 0.917. The summed E-state index contributed by atoms with van der Waals surface area (Å²) in [6, 6.07) is 4.36. The summed E-state index contributed by atoms with van der Waals surface area (Å²) in [5.74, 6) is -0.0250. The van der Waals surface area contributed by atoms with E-state index in [2.05, 4.69) is 4.98 Å². The van der Waals surface area contributed by atoms with Crippen molar-refractivity contribution in [2.75, 3.05) is 0 Å². The van der Waals surface area contributed by atoms with Gasteiger partial charge in [0.2, 0.25) is 0 Å². The Morgan fingerprint density at radius 2 is 2.19 bits per heavy atom. The Kier molecular flexibility index (Phi) is 4.70. The average molecular weight is 291 g/mol. The maximum atomic E-state index is 13.6. The third-order valence-corrected chi connectivity index (χ3v) is 2.93. The standard InChI is InChI=1S/C15H18FN3O2/c1-10(2)9-19-7-6-18-14(15(19)20)21-13-5-3-4-12(16)11(13)8-17/h3-7,10H,8-9,17H2,1-2H3. The number of rotatable bonds is 5. The Labute approximate surface area is 122 Å². The van der Waals surface area contributed by atoms with Crippen molar-refractivity contribution in [3.8, 4) is 11.6 Å². The average Bonchev–Trinajstić information content (AvgIpc) is 2.43. The number of hydrogen-bond acceptors (Lipinski definition) is 4. The molecule has 0 radical (unpaired) electrons. The Balaban J connectivity index is 2.37. The normalized spacial score (nSPS) is 10.9. The molecule has 0 saturated carbocycles. The molecule has 2 N–H and O–H groups in total. The van der Waals surface area contributed by atoms with E-state index in [-0.39, 0.29) is 29.3 Å². The van der Waals surface area contributed by atoms with Crippen molar-refractivity contribution in [1.29, 1.82) is 0 Å². The van der Waals surface area contributed by atoms with Gasteiger partial charge in [0.1, 0.15) is 11.6 Å². The number of hydrogen-bond donors (Lipinski definition) is 1. The molecule has 0 amide bonds. The lowest BCUT2D eigenvalue weighted by atomic mass is 10.2. The number of halogens is 1. The van der Waals surface area contributed by atoms with E-state index in [4.69, 9.17) is 10.5 Å². The molecule has 5 nitrogen and oxygen atoms in total. The number of nitrogens with two attached hydrogens (primary N) is 1. The number of benzene rings is 1. The van der Waals surface area contributed by atoms with Gasteiger partial charge in [0.05, 0.1) is 0 Å². The maximum Gasteiger partial charge on any atom is 0.313 e. The summed E-state index contributed by atoms with van der Waals surface area (Å²) in [6.45, 7) is 4.55. The zero-order valence-electron chi connectivity index (χ0n) is 12.0. The molecule has 0 aliphatic rings. The van der Waals surface area contributed by atoms with Crippen LogP contribution in [-0.4, -0.2) is 9.55 Å². The summed E-state index contributed by atoms with van der Waals surface area (Å²) < 4.78 is 20.6. The Bertz CT molecular complexity index is 683. The SMILES string of the molecule is CC(C)Cn1ccnc(Oc2cccc(F)c2CN)c1=O. The zero-order chi connectivity index (χ0) is 15.4. The fourth-order valence-electron chi connectivity index (χ4n) is 1.97. The molecule has 0 atom stereocenters. The molecule has 21 heavy (non-hydrogen) atoms. The Morgan fingerprint density at radius 1 is 1.43 bits per heavy atom. The molecule has 2 aromatic rings. The predicted octanol–water partition coefficient (Wildman–Crippen LogP) is 2.29. The minimum Gasteiger partial charge on any atom is -0.434 e. The van der Waals surface area contributed by atoms with Gasteiger partial charge in [-0.25, -0.2) is 9.37 Å². The van der Waals surface area contributed by atoms with Gasteiger partial charge in [0.25, 0.3) is 5.88 Å². The second kappa shape index (κ2) is 6.49. The molecule has 1 heterocycles. The van der Waals surface area contributed by atoms with Crippen molar-refractivity contribution in [1.82, 2.24) is 9.55 Å². The lowest BCUT2D eigenvalue weighted by Crippen LogP contribution is -2.23. The molecule has 0 fully saturated rings. The van der Waals surface area contributed by atoms with Crippen LogP contribution in [0.1, 0.15) is 19.4 Å². The lowest BCUT2D eigenvalue weighted by molar-refractivity contribution is 0.424. The third kappa shape index (κ3) is 3.46. The minimum atomic E-state index is -0.464. The van der Waals surface area contributed by atoms with E-state index < -0.39 is 5.82 Å². The van der Waals surface area contributed by atoms with Crippen LogP contribution >= 0.6 is 0 Å². The molecule has 0 unspecified atom stereocenters. The fraction of sp³-hybridized carbons (Fsp3) is 0.333. The third-order valence-electron chi connectivity index (χ3n) is 2.93. The second-order valence-electron chi connectivity index (χ2n) is 5.11. The number of nitrogens with zero attached hydrogens (tertiary/aromatic N) is 2. The minimum absolute atomic E-state index is 0.0188. The van der Waals surface area contributed by atoms with Crippen LogP contribution in [0.5, 0.6) is 11.6 Å². The van der Waals surface area contributed by atoms with Crippen LogP contribution < -0.4 is 16.0 Å². The van der Waals surface area contributed by atoms with Crippen molar-refractivity contribution in [2.45, 2.75) is 26.9 Å². The lowest BCUT2D eigenvalue weighted by Gasteiger charge is -2.12. The van der Waals surface area contributed by atoms with Crippen molar-refractivity contribution in [3.05, 3.63) is 52.3 Å². The van der Waals surface area contributed by atoms with Gasteiger partial charge in [-0.3, -0.25) is 4.79 Å². The largest absolute Gasteiger partial charge is 0.434 e. The van der Waals surface area contributed by atoms with Gasteiger partial charge in [-0.2, -0.15) is 0 Å². The van der Waals surface area contributed by atoms with E-state index in [1.807, 2.05) is 13.8 Å². The van der Waals surface area contributed by atoms with Crippen molar-refractivity contribution >= 4 is 0 Å². The molecule has 2 rings (SSSR count). The monoisotopic (exact) mass is 291 g/mol. The van der Waals surface area contributed by atoms with Crippen LogP contribution in [0.25, 0.3) is 0 Å². The summed E-state index contributed by atoms with van der Waals surface area (Å²) in [5.41, 5.74) is 5.39. The summed E-state index contributed by atoms with van der Waals surface area (Å²) in [6.07, 6.45) is 3.09. The van der Waals surface area contributed by atoms with Crippen molar-refractivity contribution < 1.29 is 9.13 Å². The fourth-order valence-corrected chi connectivity index (χ4v) is 1.97. The van der Waals surface area contributed by atoms with E-state index in [0.29, 0.717) is 12.5 Å². The summed E-state index contributed by atoms with van der Waals surface area (Å²) in [5, 5.41) is 0. The first-order valence-corrected chi connectivity index (χ1v) is 6.73.